The first-order valence-electron chi connectivity index (χ1n) is 5.52. The molecule has 0 spiro atoms. The molecule has 3 rings (SSSR count). The van der Waals surface area contributed by atoms with Crippen molar-refractivity contribution in [2.24, 2.45) is 0 Å². The van der Waals surface area contributed by atoms with Crippen molar-refractivity contribution in [1.29, 1.82) is 0 Å². The average Bonchev–Trinajstić information content (AvgIpc) is 2.85. The van der Waals surface area contributed by atoms with Crippen LogP contribution in [0.1, 0.15) is 11.6 Å². The molecule has 0 fully saturated rings. The molecule has 0 radical (unpaired) electrons. The van der Waals surface area contributed by atoms with Crippen molar-refractivity contribution in [2.45, 2.75) is 6.04 Å². The van der Waals surface area contributed by atoms with Gasteiger partial charge < -0.3 is 10.4 Å². The van der Waals surface area contributed by atoms with E-state index in [4.69, 9.17) is 5.11 Å². The summed E-state index contributed by atoms with van der Waals surface area (Å²) >= 11 is 3.41. The number of fused-ring (bicyclic) bond motifs is 1. The standard InChI is InChI=1S/C12H9BrN4O2/c13-8-3-1-2-7(4-8)10-5-9(11(18)19)16-12-14-6-15-17(10)12/h1-6,10H,(H,18,19)(H,14,15,16). The fraction of sp³-hybridized carbons (Fsp3) is 0.0833. The third-order valence-electron chi connectivity index (χ3n) is 2.83. The van der Waals surface area contributed by atoms with E-state index in [0.29, 0.717) is 5.95 Å². The van der Waals surface area contributed by atoms with Gasteiger partial charge in [0.1, 0.15) is 18.1 Å². The van der Waals surface area contributed by atoms with Crippen LogP contribution in [0.4, 0.5) is 5.95 Å². The van der Waals surface area contributed by atoms with Gasteiger partial charge in [0.05, 0.1) is 0 Å². The van der Waals surface area contributed by atoms with Gasteiger partial charge in [-0.25, -0.2) is 9.48 Å². The van der Waals surface area contributed by atoms with E-state index in [1.54, 1.807) is 10.8 Å². The topological polar surface area (TPSA) is 80.0 Å². The zero-order valence-corrected chi connectivity index (χ0v) is 11.2. The zero-order valence-electron chi connectivity index (χ0n) is 9.62. The SMILES string of the molecule is O=C(O)C1=CC(c2cccc(Br)c2)n2ncnc2N1. The first-order chi connectivity index (χ1) is 9.15. The second-order valence-electron chi connectivity index (χ2n) is 4.04. The molecule has 96 valence electrons. The Morgan fingerprint density at radius 1 is 1.47 bits per heavy atom. The molecular weight excluding hydrogens is 312 g/mol. The summed E-state index contributed by atoms with van der Waals surface area (Å²) in [5, 5.41) is 16.0. The smallest absolute Gasteiger partial charge is 0.352 e. The molecule has 1 aromatic heterocycles. The molecule has 0 amide bonds. The maximum absolute atomic E-state index is 11.1. The quantitative estimate of drug-likeness (QED) is 0.885. The molecule has 19 heavy (non-hydrogen) atoms. The first-order valence-corrected chi connectivity index (χ1v) is 6.31. The van der Waals surface area contributed by atoms with E-state index >= 15 is 0 Å². The van der Waals surface area contributed by atoms with Gasteiger partial charge in [0.25, 0.3) is 0 Å². The van der Waals surface area contributed by atoms with Crippen molar-refractivity contribution in [3.05, 3.63) is 52.4 Å². The number of benzene rings is 1. The van der Waals surface area contributed by atoms with Crippen molar-refractivity contribution in [3.8, 4) is 0 Å². The second kappa shape index (κ2) is 4.51. The van der Waals surface area contributed by atoms with Gasteiger partial charge in [0, 0.05) is 4.47 Å². The van der Waals surface area contributed by atoms with Crippen LogP contribution >= 0.6 is 15.9 Å². The molecule has 1 aliphatic heterocycles. The molecule has 0 aliphatic carbocycles. The predicted octanol–water partition coefficient (Wildman–Crippen LogP) is 2.02. The van der Waals surface area contributed by atoms with Crippen molar-refractivity contribution in [3.63, 3.8) is 0 Å². The van der Waals surface area contributed by atoms with Crippen LogP contribution in [0.2, 0.25) is 0 Å². The van der Waals surface area contributed by atoms with Crippen molar-refractivity contribution >= 4 is 27.8 Å². The number of rotatable bonds is 2. The lowest BCUT2D eigenvalue weighted by Gasteiger charge is -2.22. The van der Waals surface area contributed by atoms with Crippen LogP contribution in [0.5, 0.6) is 0 Å². The molecule has 0 bridgehead atoms. The second-order valence-corrected chi connectivity index (χ2v) is 4.95. The minimum absolute atomic E-state index is 0.102. The highest BCUT2D eigenvalue weighted by molar-refractivity contribution is 9.10. The fourth-order valence-electron chi connectivity index (χ4n) is 1.99. The predicted molar refractivity (Wildman–Crippen MR) is 71.6 cm³/mol. The van der Waals surface area contributed by atoms with Crippen LogP contribution in [0.3, 0.4) is 0 Å². The Bertz CT molecular complexity index is 680. The summed E-state index contributed by atoms with van der Waals surface area (Å²) in [4.78, 5) is 15.1. The van der Waals surface area contributed by atoms with Crippen LogP contribution in [0.15, 0.2) is 46.8 Å². The monoisotopic (exact) mass is 320 g/mol. The average molecular weight is 321 g/mol. The molecule has 1 aromatic carbocycles. The van der Waals surface area contributed by atoms with Gasteiger partial charge in [-0.05, 0) is 23.8 Å². The molecule has 1 unspecified atom stereocenters. The number of halogens is 1. The molecule has 1 atom stereocenters. The summed E-state index contributed by atoms with van der Waals surface area (Å²) in [6.45, 7) is 0. The third kappa shape index (κ3) is 2.12. The summed E-state index contributed by atoms with van der Waals surface area (Å²) in [6, 6.07) is 7.36. The molecule has 0 saturated carbocycles. The Balaban J connectivity index is 2.11. The van der Waals surface area contributed by atoms with Gasteiger partial charge >= 0.3 is 5.97 Å². The number of nitrogens with zero attached hydrogens (tertiary/aromatic N) is 3. The highest BCUT2D eigenvalue weighted by Crippen LogP contribution is 2.29. The number of allylic oxidation sites excluding steroid dienone is 1. The number of anilines is 1. The van der Waals surface area contributed by atoms with Gasteiger partial charge in [-0.3, -0.25) is 0 Å². The van der Waals surface area contributed by atoms with Crippen LogP contribution < -0.4 is 5.32 Å². The molecule has 0 saturated heterocycles. The van der Waals surface area contributed by atoms with E-state index in [9.17, 15) is 4.79 Å². The maximum Gasteiger partial charge on any atom is 0.352 e. The maximum atomic E-state index is 11.1. The lowest BCUT2D eigenvalue weighted by molar-refractivity contribution is -0.132. The lowest BCUT2D eigenvalue weighted by Crippen LogP contribution is -2.24. The van der Waals surface area contributed by atoms with E-state index < -0.39 is 5.97 Å². The molecule has 2 heterocycles. The fourth-order valence-corrected chi connectivity index (χ4v) is 2.40. The largest absolute Gasteiger partial charge is 0.477 e. The molecule has 1 aliphatic rings. The number of hydrogen-bond donors (Lipinski definition) is 2. The van der Waals surface area contributed by atoms with E-state index in [2.05, 4.69) is 31.3 Å². The highest BCUT2D eigenvalue weighted by Gasteiger charge is 2.25. The summed E-state index contributed by atoms with van der Waals surface area (Å²) in [7, 11) is 0. The Morgan fingerprint density at radius 3 is 3.05 bits per heavy atom. The van der Waals surface area contributed by atoms with Crippen molar-refractivity contribution < 1.29 is 9.90 Å². The number of carbonyl (C=O) groups is 1. The van der Waals surface area contributed by atoms with Crippen LogP contribution in [0.25, 0.3) is 0 Å². The van der Waals surface area contributed by atoms with E-state index in [1.165, 1.54) is 6.33 Å². The first kappa shape index (κ1) is 11.9. The minimum Gasteiger partial charge on any atom is -0.477 e. The summed E-state index contributed by atoms with van der Waals surface area (Å²) in [5.41, 5.74) is 1.03. The van der Waals surface area contributed by atoms with Gasteiger partial charge in [-0.1, -0.05) is 28.1 Å². The van der Waals surface area contributed by atoms with Crippen molar-refractivity contribution in [2.75, 3.05) is 5.32 Å². The number of aliphatic carboxylic acids is 1. The summed E-state index contributed by atoms with van der Waals surface area (Å²) in [5.74, 6) is -0.598. The van der Waals surface area contributed by atoms with E-state index in [1.807, 2.05) is 24.3 Å². The molecule has 2 aromatic rings. The van der Waals surface area contributed by atoms with Gasteiger partial charge in [-0.15, -0.1) is 0 Å². The number of aromatic nitrogens is 3. The number of hydrogen-bond acceptors (Lipinski definition) is 4. The molecular formula is C12H9BrN4O2. The van der Waals surface area contributed by atoms with Crippen molar-refractivity contribution in [1.82, 2.24) is 14.8 Å². The Labute approximate surface area is 116 Å². The third-order valence-corrected chi connectivity index (χ3v) is 3.32. The molecule has 6 nitrogen and oxygen atoms in total. The van der Waals surface area contributed by atoms with E-state index in [0.717, 1.165) is 10.0 Å². The summed E-state index contributed by atoms with van der Waals surface area (Å²) in [6.07, 6.45) is 3.01. The minimum atomic E-state index is -1.02. The van der Waals surface area contributed by atoms with Gasteiger partial charge in [0.15, 0.2) is 0 Å². The lowest BCUT2D eigenvalue weighted by atomic mass is 10.0. The number of carboxylic acid groups (broad SMARTS) is 1. The van der Waals surface area contributed by atoms with Crippen LogP contribution in [-0.4, -0.2) is 25.8 Å². The van der Waals surface area contributed by atoms with E-state index in [-0.39, 0.29) is 11.7 Å². The Hall–Kier alpha value is -2.15. The van der Waals surface area contributed by atoms with Crippen LogP contribution in [0, 0.1) is 0 Å². The number of carboxylic acids is 1. The summed E-state index contributed by atoms with van der Waals surface area (Å²) < 4.78 is 2.57. The van der Waals surface area contributed by atoms with Gasteiger partial charge in [0.2, 0.25) is 5.95 Å². The highest BCUT2D eigenvalue weighted by atomic mass is 79.9. The zero-order chi connectivity index (χ0) is 13.4. The normalized spacial score (nSPS) is 17.3. The van der Waals surface area contributed by atoms with Gasteiger partial charge in [-0.2, -0.15) is 10.1 Å². The Morgan fingerprint density at radius 2 is 2.32 bits per heavy atom. The molecule has 2 N–H and O–H groups in total. The number of nitrogens with one attached hydrogen (secondary N) is 1. The molecule has 7 heteroatoms. The Kier molecular flexibility index (Phi) is 2.83. The van der Waals surface area contributed by atoms with Crippen LogP contribution in [-0.2, 0) is 4.79 Å².